The average Bonchev–Trinajstić information content (AvgIpc) is 2.92. The van der Waals surface area contributed by atoms with Gasteiger partial charge in [0.2, 0.25) is 0 Å². The molecule has 0 spiro atoms. The van der Waals surface area contributed by atoms with Crippen LogP contribution >= 0.6 is 0 Å². The van der Waals surface area contributed by atoms with Gasteiger partial charge in [0.25, 0.3) is 0 Å². The van der Waals surface area contributed by atoms with Crippen LogP contribution in [0.2, 0.25) is 18.6 Å². The number of amides is 1. The van der Waals surface area contributed by atoms with Crippen LogP contribution in [0.15, 0.2) is 30.3 Å². The van der Waals surface area contributed by atoms with Crippen molar-refractivity contribution in [1.82, 2.24) is 5.06 Å². The first-order valence-electron chi connectivity index (χ1n) is 8.10. The first-order chi connectivity index (χ1) is 10.8. The molecule has 1 aromatic rings. The minimum Gasteiger partial charge on any atom is -0.274 e. The number of alkyl halides is 2. The molecule has 2 fully saturated rings. The Morgan fingerprint density at radius 1 is 1.22 bits per heavy atom. The maximum Gasteiger partial charge on any atom is 0.327 e. The van der Waals surface area contributed by atoms with E-state index in [1.807, 2.05) is 18.2 Å². The van der Waals surface area contributed by atoms with Crippen LogP contribution in [-0.2, 0) is 9.63 Å². The van der Waals surface area contributed by atoms with Gasteiger partial charge in [-0.15, -0.1) is 0 Å². The number of fused-ring (bicyclic) bond motifs is 1. The lowest BCUT2D eigenvalue weighted by Crippen LogP contribution is -2.58. The van der Waals surface area contributed by atoms with Crippen LogP contribution in [0.3, 0.4) is 0 Å². The van der Waals surface area contributed by atoms with Crippen molar-refractivity contribution >= 4 is 19.2 Å². The topological polar surface area (TPSA) is 29.5 Å². The van der Waals surface area contributed by atoms with E-state index in [0.29, 0.717) is 0 Å². The third-order valence-corrected chi connectivity index (χ3v) is 10.1. The Bertz CT molecular complexity index is 594. The smallest absolute Gasteiger partial charge is 0.274 e. The number of rotatable bonds is 3. The zero-order valence-electron chi connectivity index (χ0n) is 13.8. The van der Waals surface area contributed by atoms with Crippen molar-refractivity contribution in [3.8, 4) is 0 Å². The quantitative estimate of drug-likeness (QED) is 0.792. The van der Waals surface area contributed by atoms with Gasteiger partial charge < -0.3 is 0 Å². The van der Waals surface area contributed by atoms with E-state index < -0.39 is 19.9 Å². The molecule has 23 heavy (non-hydrogen) atoms. The molecular formula is C17H23F2NO2Si. The Hall–Kier alpha value is -1.27. The monoisotopic (exact) mass is 339 g/mol. The molecule has 0 radical (unpaired) electrons. The second-order valence-corrected chi connectivity index (χ2v) is 12.0. The van der Waals surface area contributed by atoms with Crippen LogP contribution in [0.25, 0.3) is 0 Å². The van der Waals surface area contributed by atoms with E-state index >= 15 is 0 Å². The van der Waals surface area contributed by atoms with Gasteiger partial charge in [0, 0.05) is 6.42 Å². The minimum atomic E-state index is -3.32. The van der Waals surface area contributed by atoms with Crippen LogP contribution in [0.4, 0.5) is 8.78 Å². The summed E-state index contributed by atoms with van der Waals surface area (Å²) in [4.78, 5) is 16.9. The SMILES string of the molecule is CON1C(=O)C(F)(F)C[C@H]2[C@@H]1CC[C@@H]2[Si](C)(C)c1ccccc1. The standard InChI is InChI=1S/C17H23F2NO2Si/c1-22-20-14-9-10-15(13(14)11-17(18,19)16(20)21)23(2,3)12-7-5-4-6-8-12/h4-8,13-15H,9-11H2,1-3H3/t13-,14-,15-/m0/s1. The predicted molar refractivity (Wildman–Crippen MR) is 87.2 cm³/mol. The molecule has 126 valence electrons. The number of hydroxylamine groups is 2. The first-order valence-corrected chi connectivity index (χ1v) is 11.2. The summed E-state index contributed by atoms with van der Waals surface area (Å²) in [5, 5.41) is 2.23. The average molecular weight is 339 g/mol. The van der Waals surface area contributed by atoms with E-state index in [9.17, 15) is 13.6 Å². The van der Waals surface area contributed by atoms with Crippen molar-refractivity contribution in [3.05, 3.63) is 30.3 Å². The molecule has 2 aliphatic rings. The maximum atomic E-state index is 14.2. The van der Waals surface area contributed by atoms with Crippen molar-refractivity contribution in [2.45, 2.75) is 49.9 Å². The summed E-state index contributed by atoms with van der Waals surface area (Å²) < 4.78 is 28.4. The molecule has 6 heteroatoms. The molecule has 1 aliphatic carbocycles. The molecule has 0 N–H and O–H groups in total. The van der Waals surface area contributed by atoms with E-state index in [-0.39, 0.29) is 23.9 Å². The molecular weight excluding hydrogens is 316 g/mol. The fourth-order valence-corrected chi connectivity index (χ4v) is 8.29. The molecule has 0 unspecified atom stereocenters. The molecule has 1 aromatic carbocycles. The predicted octanol–water partition coefficient (Wildman–Crippen LogP) is 3.18. The first kappa shape index (κ1) is 16.6. The minimum absolute atomic E-state index is 0.190. The van der Waals surface area contributed by atoms with Crippen molar-refractivity contribution in [1.29, 1.82) is 0 Å². The van der Waals surface area contributed by atoms with E-state index in [1.165, 1.54) is 12.3 Å². The fourth-order valence-electron chi connectivity index (χ4n) is 4.51. The summed E-state index contributed by atoms with van der Waals surface area (Å²) in [6, 6.07) is 10.0. The van der Waals surface area contributed by atoms with Gasteiger partial charge in [-0.05, 0) is 17.9 Å². The number of nitrogens with zero attached hydrogens (tertiary/aromatic N) is 1. The lowest BCUT2D eigenvalue weighted by molar-refractivity contribution is -0.232. The van der Waals surface area contributed by atoms with E-state index in [2.05, 4.69) is 25.2 Å². The molecule has 1 amide bonds. The maximum absolute atomic E-state index is 14.2. The number of carbonyl (C=O) groups is 1. The third kappa shape index (κ3) is 2.61. The van der Waals surface area contributed by atoms with Gasteiger partial charge in [0.05, 0.1) is 21.2 Å². The van der Waals surface area contributed by atoms with Gasteiger partial charge in [0.15, 0.2) is 0 Å². The number of benzene rings is 1. The highest BCUT2D eigenvalue weighted by Gasteiger charge is 2.59. The molecule has 0 bridgehead atoms. The molecule has 1 heterocycles. The Morgan fingerprint density at radius 3 is 2.48 bits per heavy atom. The number of hydrogen-bond donors (Lipinski definition) is 0. The number of hydrogen-bond acceptors (Lipinski definition) is 2. The van der Waals surface area contributed by atoms with E-state index in [1.54, 1.807) is 0 Å². The van der Waals surface area contributed by atoms with Crippen molar-refractivity contribution < 1.29 is 18.4 Å². The van der Waals surface area contributed by atoms with Gasteiger partial charge in [-0.2, -0.15) is 8.78 Å². The van der Waals surface area contributed by atoms with Crippen LogP contribution in [0.1, 0.15) is 19.3 Å². The summed E-state index contributed by atoms with van der Waals surface area (Å²) in [6.45, 7) is 4.50. The van der Waals surface area contributed by atoms with Crippen molar-refractivity contribution in [2.75, 3.05) is 7.11 Å². The number of carbonyl (C=O) groups excluding carboxylic acids is 1. The molecule has 3 atom stereocenters. The second-order valence-electron chi connectivity index (χ2n) is 7.22. The van der Waals surface area contributed by atoms with Gasteiger partial charge in [-0.25, -0.2) is 5.06 Å². The van der Waals surface area contributed by atoms with Gasteiger partial charge in [-0.3, -0.25) is 9.63 Å². The van der Waals surface area contributed by atoms with Gasteiger partial charge >= 0.3 is 11.8 Å². The summed E-state index contributed by atoms with van der Waals surface area (Å²) in [6.07, 6.45) is 1.28. The van der Waals surface area contributed by atoms with E-state index in [4.69, 9.17) is 4.84 Å². The van der Waals surface area contributed by atoms with Crippen LogP contribution in [0.5, 0.6) is 0 Å². The lowest BCUT2D eigenvalue weighted by atomic mass is 9.90. The Labute approximate surface area is 136 Å². The second kappa shape index (κ2) is 5.67. The number of piperidine rings is 1. The Balaban J connectivity index is 1.93. The molecule has 1 saturated heterocycles. The molecule has 0 aromatic heterocycles. The highest BCUT2D eigenvalue weighted by molar-refractivity contribution is 6.91. The van der Waals surface area contributed by atoms with Crippen LogP contribution in [-0.4, -0.2) is 38.1 Å². The Kier molecular flexibility index (Phi) is 4.09. The summed E-state index contributed by atoms with van der Waals surface area (Å²) >= 11 is 0. The van der Waals surface area contributed by atoms with Crippen LogP contribution < -0.4 is 5.19 Å². The highest BCUT2D eigenvalue weighted by Crippen LogP contribution is 2.52. The third-order valence-electron chi connectivity index (χ3n) is 5.73. The van der Waals surface area contributed by atoms with Crippen LogP contribution in [0, 0.1) is 5.92 Å². The lowest BCUT2D eigenvalue weighted by Gasteiger charge is -2.43. The number of halogens is 2. The van der Waals surface area contributed by atoms with Crippen molar-refractivity contribution in [2.24, 2.45) is 5.92 Å². The van der Waals surface area contributed by atoms with Gasteiger partial charge in [-0.1, -0.05) is 55.0 Å². The summed E-state index contributed by atoms with van der Waals surface area (Å²) in [7, 11) is -0.599. The summed E-state index contributed by atoms with van der Waals surface area (Å²) in [5.41, 5.74) is 0.228. The summed E-state index contributed by atoms with van der Waals surface area (Å²) in [5.74, 6) is -4.69. The molecule has 1 aliphatic heterocycles. The molecule has 1 saturated carbocycles. The highest BCUT2D eigenvalue weighted by atomic mass is 28.3. The molecule has 3 rings (SSSR count). The zero-order chi connectivity index (χ0) is 16.8. The largest absolute Gasteiger partial charge is 0.327 e. The van der Waals surface area contributed by atoms with Crippen molar-refractivity contribution in [3.63, 3.8) is 0 Å². The van der Waals surface area contributed by atoms with Gasteiger partial charge in [0.1, 0.15) is 0 Å². The van der Waals surface area contributed by atoms with E-state index in [0.717, 1.165) is 17.9 Å². The zero-order valence-corrected chi connectivity index (χ0v) is 14.8. The molecule has 3 nitrogen and oxygen atoms in total. The fraction of sp³-hybridized carbons (Fsp3) is 0.588. The normalized spacial score (nSPS) is 30.4. The Morgan fingerprint density at radius 2 is 1.87 bits per heavy atom.